The van der Waals surface area contributed by atoms with Crippen molar-refractivity contribution in [2.45, 2.75) is 52.9 Å². The van der Waals surface area contributed by atoms with Crippen LogP contribution in [0.5, 0.6) is 0 Å². The van der Waals surface area contributed by atoms with Crippen LogP contribution in [0, 0.1) is 5.41 Å². The Hall–Kier alpha value is -0.120. The van der Waals surface area contributed by atoms with Gasteiger partial charge in [-0.2, -0.15) is 0 Å². The Labute approximate surface area is 114 Å². The molecule has 0 aromatic heterocycles. The molecule has 0 rings (SSSR count). The molecule has 0 spiro atoms. The van der Waals surface area contributed by atoms with Crippen LogP contribution in [0.15, 0.2) is 0 Å². The highest BCUT2D eigenvalue weighted by Gasteiger charge is 2.26. The van der Waals surface area contributed by atoms with Crippen molar-refractivity contribution in [1.82, 2.24) is 5.32 Å². The van der Waals surface area contributed by atoms with Gasteiger partial charge in [-0.25, -0.2) is 0 Å². The van der Waals surface area contributed by atoms with Crippen LogP contribution in [0.1, 0.15) is 52.9 Å². The van der Waals surface area contributed by atoms with E-state index in [1.165, 1.54) is 25.7 Å². The first-order valence-corrected chi connectivity index (χ1v) is 7.52. The second kappa shape index (κ2) is 11.9. The third kappa shape index (κ3) is 8.06. The van der Waals surface area contributed by atoms with Gasteiger partial charge in [0.2, 0.25) is 0 Å². The van der Waals surface area contributed by atoms with Gasteiger partial charge >= 0.3 is 0 Å². The SMILES string of the molecule is CCCCC(CC)(CCOCC)CNCCOC. The van der Waals surface area contributed by atoms with E-state index in [4.69, 9.17) is 9.47 Å². The summed E-state index contributed by atoms with van der Waals surface area (Å²) in [5.74, 6) is 0. The average Bonchev–Trinajstić information content (AvgIpc) is 2.40. The number of unbranched alkanes of at least 4 members (excludes halogenated alkanes) is 1. The highest BCUT2D eigenvalue weighted by atomic mass is 16.5. The van der Waals surface area contributed by atoms with Crippen molar-refractivity contribution in [3.63, 3.8) is 0 Å². The Morgan fingerprint density at radius 1 is 1.06 bits per heavy atom. The van der Waals surface area contributed by atoms with E-state index >= 15 is 0 Å². The van der Waals surface area contributed by atoms with Gasteiger partial charge in [0, 0.05) is 33.4 Å². The maximum Gasteiger partial charge on any atom is 0.0587 e. The van der Waals surface area contributed by atoms with Gasteiger partial charge < -0.3 is 14.8 Å². The molecule has 0 aromatic carbocycles. The molecule has 0 saturated heterocycles. The minimum atomic E-state index is 0.402. The second-order valence-corrected chi connectivity index (χ2v) is 5.07. The average molecular weight is 259 g/mol. The third-order valence-electron chi connectivity index (χ3n) is 3.77. The molecule has 1 atom stereocenters. The fraction of sp³-hybridized carbons (Fsp3) is 1.00. The normalized spacial score (nSPS) is 14.7. The highest BCUT2D eigenvalue weighted by Crippen LogP contribution is 2.32. The van der Waals surface area contributed by atoms with Crippen LogP contribution in [-0.2, 0) is 9.47 Å². The Kier molecular flexibility index (Phi) is 11.9. The summed E-state index contributed by atoms with van der Waals surface area (Å²) in [6.45, 7) is 11.2. The summed E-state index contributed by atoms with van der Waals surface area (Å²) in [6.07, 6.45) is 6.27. The summed E-state index contributed by atoms with van der Waals surface area (Å²) in [4.78, 5) is 0. The van der Waals surface area contributed by atoms with E-state index in [-0.39, 0.29) is 0 Å². The molecule has 110 valence electrons. The minimum Gasteiger partial charge on any atom is -0.383 e. The summed E-state index contributed by atoms with van der Waals surface area (Å²) in [7, 11) is 1.75. The van der Waals surface area contributed by atoms with Gasteiger partial charge in [0.05, 0.1) is 6.61 Å². The smallest absolute Gasteiger partial charge is 0.0587 e. The molecular weight excluding hydrogens is 226 g/mol. The van der Waals surface area contributed by atoms with Gasteiger partial charge in [-0.15, -0.1) is 0 Å². The van der Waals surface area contributed by atoms with E-state index < -0.39 is 0 Å². The van der Waals surface area contributed by atoms with Crippen molar-refractivity contribution in [3.05, 3.63) is 0 Å². The van der Waals surface area contributed by atoms with Crippen LogP contribution in [0.2, 0.25) is 0 Å². The quantitative estimate of drug-likeness (QED) is 0.515. The van der Waals surface area contributed by atoms with E-state index in [1.807, 2.05) is 0 Å². The van der Waals surface area contributed by atoms with Gasteiger partial charge in [-0.1, -0.05) is 26.7 Å². The topological polar surface area (TPSA) is 30.5 Å². The van der Waals surface area contributed by atoms with E-state index in [0.29, 0.717) is 5.41 Å². The molecule has 1 N–H and O–H groups in total. The molecule has 0 fully saturated rings. The van der Waals surface area contributed by atoms with Crippen LogP contribution in [0.25, 0.3) is 0 Å². The maximum atomic E-state index is 5.55. The second-order valence-electron chi connectivity index (χ2n) is 5.07. The maximum absolute atomic E-state index is 5.55. The number of nitrogens with one attached hydrogen (secondary N) is 1. The monoisotopic (exact) mass is 259 g/mol. The Bertz CT molecular complexity index is 176. The third-order valence-corrected chi connectivity index (χ3v) is 3.77. The van der Waals surface area contributed by atoms with Crippen molar-refractivity contribution in [2.24, 2.45) is 5.41 Å². The van der Waals surface area contributed by atoms with Crippen molar-refractivity contribution in [2.75, 3.05) is 40.0 Å². The lowest BCUT2D eigenvalue weighted by Gasteiger charge is -2.33. The predicted octanol–water partition coefficient (Wildman–Crippen LogP) is 3.24. The molecule has 3 heteroatoms. The fourth-order valence-corrected chi connectivity index (χ4v) is 2.29. The van der Waals surface area contributed by atoms with Gasteiger partial charge in [-0.05, 0) is 31.6 Å². The van der Waals surface area contributed by atoms with E-state index in [2.05, 4.69) is 26.1 Å². The number of hydrogen-bond acceptors (Lipinski definition) is 3. The molecule has 0 aliphatic rings. The molecule has 0 heterocycles. The van der Waals surface area contributed by atoms with E-state index in [1.54, 1.807) is 7.11 Å². The Morgan fingerprint density at radius 2 is 1.83 bits per heavy atom. The molecule has 0 radical (unpaired) electrons. The van der Waals surface area contributed by atoms with Gasteiger partial charge in [-0.3, -0.25) is 0 Å². The largest absolute Gasteiger partial charge is 0.383 e. The predicted molar refractivity (Wildman–Crippen MR) is 78.1 cm³/mol. The summed E-state index contributed by atoms with van der Waals surface area (Å²) < 4.78 is 10.6. The molecule has 0 aliphatic carbocycles. The van der Waals surface area contributed by atoms with E-state index in [0.717, 1.165) is 39.3 Å². The summed E-state index contributed by atoms with van der Waals surface area (Å²) >= 11 is 0. The van der Waals surface area contributed by atoms with E-state index in [9.17, 15) is 0 Å². The summed E-state index contributed by atoms with van der Waals surface area (Å²) in [6, 6.07) is 0. The number of hydrogen-bond donors (Lipinski definition) is 1. The Morgan fingerprint density at radius 3 is 2.39 bits per heavy atom. The molecular formula is C15H33NO2. The first-order valence-electron chi connectivity index (χ1n) is 7.52. The summed E-state index contributed by atoms with van der Waals surface area (Å²) in [5, 5.41) is 3.53. The lowest BCUT2D eigenvalue weighted by atomic mass is 9.77. The molecule has 18 heavy (non-hydrogen) atoms. The first kappa shape index (κ1) is 17.9. The molecule has 0 bridgehead atoms. The first-order chi connectivity index (χ1) is 8.74. The lowest BCUT2D eigenvalue weighted by Crippen LogP contribution is -2.36. The highest BCUT2D eigenvalue weighted by molar-refractivity contribution is 4.80. The standard InChI is InChI=1S/C15H33NO2/c1-5-8-9-15(6-2,10-12-18-7-3)14-16-11-13-17-4/h16H,5-14H2,1-4H3. The van der Waals surface area contributed by atoms with Crippen LogP contribution < -0.4 is 5.32 Å². The molecule has 0 saturated carbocycles. The van der Waals surface area contributed by atoms with Crippen molar-refractivity contribution >= 4 is 0 Å². The fourth-order valence-electron chi connectivity index (χ4n) is 2.29. The van der Waals surface area contributed by atoms with Crippen LogP contribution in [-0.4, -0.2) is 40.0 Å². The van der Waals surface area contributed by atoms with Crippen LogP contribution in [0.3, 0.4) is 0 Å². The van der Waals surface area contributed by atoms with Crippen LogP contribution >= 0.6 is 0 Å². The molecule has 1 unspecified atom stereocenters. The Balaban J connectivity index is 4.15. The van der Waals surface area contributed by atoms with Crippen molar-refractivity contribution < 1.29 is 9.47 Å². The van der Waals surface area contributed by atoms with Crippen LogP contribution in [0.4, 0.5) is 0 Å². The van der Waals surface area contributed by atoms with Crippen molar-refractivity contribution in [3.8, 4) is 0 Å². The molecule has 3 nitrogen and oxygen atoms in total. The van der Waals surface area contributed by atoms with Gasteiger partial charge in [0.15, 0.2) is 0 Å². The van der Waals surface area contributed by atoms with Gasteiger partial charge in [0.25, 0.3) is 0 Å². The zero-order valence-electron chi connectivity index (χ0n) is 12.9. The number of rotatable bonds is 13. The zero-order chi connectivity index (χ0) is 13.7. The summed E-state index contributed by atoms with van der Waals surface area (Å²) in [5.41, 5.74) is 0.402. The van der Waals surface area contributed by atoms with Gasteiger partial charge in [0.1, 0.15) is 0 Å². The molecule has 0 aliphatic heterocycles. The lowest BCUT2D eigenvalue weighted by molar-refractivity contribution is 0.0910. The molecule has 0 amide bonds. The number of methoxy groups -OCH3 is 1. The van der Waals surface area contributed by atoms with Crippen molar-refractivity contribution in [1.29, 1.82) is 0 Å². The molecule has 0 aromatic rings. The zero-order valence-corrected chi connectivity index (χ0v) is 12.9. The number of ether oxygens (including phenoxy) is 2. The minimum absolute atomic E-state index is 0.402.